The van der Waals surface area contributed by atoms with Gasteiger partial charge in [0.2, 0.25) is 0 Å². The van der Waals surface area contributed by atoms with E-state index in [0.717, 1.165) is 18.5 Å². The van der Waals surface area contributed by atoms with Crippen LogP contribution in [-0.4, -0.2) is 18.3 Å². The maximum atomic E-state index is 12.8. The normalized spacial score (nSPS) is 11.8. The third-order valence-corrected chi connectivity index (χ3v) is 3.90. The molecule has 0 aromatic heterocycles. The van der Waals surface area contributed by atoms with Gasteiger partial charge in [0.15, 0.2) is 5.11 Å². The molecule has 2 N–H and O–H groups in total. The van der Waals surface area contributed by atoms with Crippen molar-refractivity contribution < 1.29 is 9.13 Å². The van der Waals surface area contributed by atoms with E-state index in [1.807, 2.05) is 18.2 Å². The number of ether oxygens (including phenoxy) is 1. The summed E-state index contributed by atoms with van der Waals surface area (Å²) >= 11 is 5.22. The van der Waals surface area contributed by atoms with Crippen LogP contribution in [0.5, 0.6) is 0 Å². The van der Waals surface area contributed by atoms with Crippen LogP contribution < -0.4 is 10.6 Å². The lowest BCUT2D eigenvalue weighted by molar-refractivity contribution is 0.0646. The van der Waals surface area contributed by atoms with Crippen molar-refractivity contribution in [3.63, 3.8) is 0 Å². The molecule has 0 amide bonds. The SMILES string of the molecule is C[C@H](OCCCNC(=S)NCc1ccc(F)cc1)c1ccccc1. The number of benzene rings is 2. The van der Waals surface area contributed by atoms with Gasteiger partial charge in [0.25, 0.3) is 0 Å². The van der Waals surface area contributed by atoms with Crippen molar-refractivity contribution in [1.82, 2.24) is 10.6 Å². The molecule has 0 saturated carbocycles. The van der Waals surface area contributed by atoms with E-state index in [1.54, 1.807) is 12.1 Å². The largest absolute Gasteiger partial charge is 0.374 e. The summed E-state index contributed by atoms with van der Waals surface area (Å²) in [6, 6.07) is 16.5. The number of thiocarbonyl (C=S) groups is 1. The quantitative estimate of drug-likeness (QED) is 0.560. The third-order valence-electron chi connectivity index (χ3n) is 3.61. The molecule has 0 spiro atoms. The molecule has 128 valence electrons. The minimum atomic E-state index is -0.232. The van der Waals surface area contributed by atoms with E-state index in [0.29, 0.717) is 18.3 Å². The monoisotopic (exact) mass is 346 g/mol. The summed E-state index contributed by atoms with van der Waals surface area (Å²) in [6.07, 6.45) is 0.963. The van der Waals surface area contributed by atoms with Gasteiger partial charge in [-0.2, -0.15) is 0 Å². The van der Waals surface area contributed by atoms with Crippen molar-refractivity contribution in [3.05, 3.63) is 71.5 Å². The van der Waals surface area contributed by atoms with Crippen molar-refractivity contribution in [2.24, 2.45) is 0 Å². The first-order chi connectivity index (χ1) is 11.6. The highest BCUT2D eigenvalue weighted by molar-refractivity contribution is 7.80. The molecule has 0 aliphatic rings. The van der Waals surface area contributed by atoms with E-state index in [1.165, 1.54) is 17.7 Å². The van der Waals surface area contributed by atoms with Crippen LogP contribution in [0, 0.1) is 5.82 Å². The lowest BCUT2D eigenvalue weighted by atomic mass is 10.1. The minimum absolute atomic E-state index is 0.0924. The molecular formula is C19H23FN2OS. The Morgan fingerprint density at radius 2 is 1.79 bits per heavy atom. The lowest BCUT2D eigenvalue weighted by Crippen LogP contribution is -2.35. The van der Waals surface area contributed by atoms with Gasteiger partial charge in [0.05, 0.1) is 6.10 Å². The van der Waals surface area contributed by atoms with Crippen molar-refractivity contribution in [2.45, 2.75) is 26.0 Å². The molecule has 5 heteroatoms. The van der Waals surface area contributed by atoms with E-state index in [2.05, 4.69) is 29.7 Å². The molecule has 0 radical (unpaired) electrons. The van der Waals surface area contributed by atoms with Crippen LogP contribution in [0.4, 0.5) is 4.39 Å². The Hall–Kier alpha value is -1.98. The molecule has 0 heterocycles. The van der Waals surface area contributed by atoms with Crippen molar-refractivity contribution >= 4 is 17.3 Å². The van der Waals surface area contributed by atoms with E-state index in [-0.39, 0.29) is 11.9 Å². The van der Waals surface area contributed by atoms with Gasteiger partial charge in [-0.1, -0.05) is 42.5 Å². The summed E-state index contributed by atoms with van der Waals surface area (Å²) in [5.41, 5.74) is 2.17. The predicted octanol–water partition coefficient (Wildman–Crippen LogP) is 3.96. The van der Waals surface area contributed by atoms with Crippen molar-refractivity contribution in [1.29, 1.82) is 0 Å². The summed E-state index contributed by atoms with van der Waals surface area (Å²) in [4.78, 5) is 0. The maximum absolute atomic E-state index is 12.8. The molecule has 0 unspecified atom stereocenters. The van der Waals surface area contributed by atoms with E-state index >= 15 is 0 Å². The van der Waals surface area contributed by atoms with E-state index in [9.17, 15) is 4.39 Å². The molecular weight excluding hydrogens is 323 g/mol. The third kappa shape index (κ3) is 6.64. The molecule has 0 bridgehead atoms. The molecule has 0 aliphatic heterocycles. The topological polar surface area (TPSA) is 33.3 Å². The summed E-state index contributed by atoms with van der Waals surface area (Å²) < 4.78 is 18.6. The molecule has 3 nitrogen and oxygen atoms in total. The van der Waals surface area contributed by atoms with Crippen LogP contribution in [0.2, 0.25) is 0 Å². The first-order valence-electron chi connectivity index (χ1n) is 8.08. The molecule has 0 fully saturated rings. The average Bonchev–Trinajstić information content (AvgIpc) is 2.61. The summed E-state index contributed by atoms with van der Waals surface area (Å²) in [5.74, 6) is -0.232. The number of hydrogen-bond acceptors (Lipinski definition) is 2. The molecule has 0 aliphatic carbocycles. The molecule has 2 rings (SSSR count). The number of halogens is 1. The fourth-order valence-electron chi connectivity index (χ4n) is 2.20. The molecule has 0 saturated heterocycles. The average molecular weight is 346 g/mol. The van der Waals surface area contributed by atoms with Gasteiger partial charge in [0.1, 0.15) is 5.82 Å². The molecule has 2 aromatic carbocycles. The zero-order valence-corrected chi connectivity index (χ0v) is 14.6. The number of nitrogens with one attached hydrogen (secondary N) is 2. The van der Waals surface area contributed by atoms with Crippen LogP contribution in [-0.2, 0) is 11.3 Å². The second kappa shape index (κ2) is 10.0. The predicted molar refractivity (Wildman–Crippen MR) is 99.3 cm³/mol. The van der Waals surface area contributed by atoms with Gasteiger partial charge < -0.3 is 15.4 Å². The van der Waals surface area contributed by atoms with E-state index < -0.39 is 0 Å². The van der Waals surface area contributed by atoms with Gasteiger partial charge in [-0.25, -0.2) is 4.39 Å². The maximum Gasteiger partial charge on any atom is 0.166 e. The highest BCUT2D eigenvalue weighted by atomic mass is 32.1. The number of hydrogen-bond donors (Lipinski definition) is 2. The lowest BCUT2D eigenvalue weighted by Gasteiger charge is -2.14. The van der Waals surface area contributed by atoms with E-state index in [4.69, 9.17) is 17.0 Å². The minimum Gasteiger partial charge on any atom is -0.374 e. The van der Waals surface area contributed by atoms with Gasteiger partial charge in [-0.05, 0) is 48.8 Å². The van der Waals surface area contributed by atoms with Gasteiger partial charge in [-0.3, -0.25) is 0 Å². The van der Waals surface area contributed by atoms with Crippen LogP contribution >= 0.6 is 12.2 Å². The van der Waals surface area contributed by atoms with Crippen LogP contribution in [0.15, 0.2) is 54.6 Å². The Bertz CT molecular complexity index is 619. The smallest absolute Gasteiger partial charge is 0.166 e. The Morgan fingerprint density at radius 3 is 2.50 bits per heavy atom. The van der Waals surface area contributed by atoms with Gasteiger partial charge in [0, 0.05) is 19.7 Å². The molecule has 1 atom stereocenters. The zero-order valence-electron chi connectivity index (χ0n) is 13.8. The van der Waals surface area contributed by atoms with Crippen LogP contribution in [0.1, 0.15) is 30.6 Å². The highest BCUT2D eigenvalue weighted by Crippen LogP contribution is 2.15. The second-order valence-electron chi connectivity index (χ2n) is 5.51. The van der Waals surface area contributed by atoms with Crippen LogP contribution in [0.3, 0.4) is 0 Å². The van der Waals surface area contributed by atoms with Gasteiger partial charge >= 0.3 is 0 Å². The Balaban J connectivity index is 1.55. The second-order valence-corrected chi connectivity index (χ2v) is 5.92. The fraction of sp³-hybridized carbons (Fsp3) is 0.316. The summed E-state index contributed by atoms with van der Waals surface area (Å²) in [5, 5.41) is 6.84. The Morgan fingerprint density at radius 1 is 1.08 bits per heavy atom. The first-order valence-corrected chi connectivity index (χ1v) is 8.48. The standard InChI is InChI=1S/C19H23FN2OS/c1-15(17-6-3-2-4-7-17)23-13-5-12-21-19(24)22-14-16-8-10-18(20)11-9-16/h2-4,6-11,15H,5,12-14H2,1H3,(H2,21,22,24)/t15-/m0/s1. The zero-order chi connectivity index (χ0) is 17.2. The highest BCUT2D eigenvalue weighted by Gasteiger charge is 2.04. The van der Waals surface area contributed by atoms with Crippen molar-refractivity contribution in [2.75, 3.05) is 13.2 Å². The van der Waals surface area contributed by atoms with Crippen LogP contribution in [0.25, 0.3) is 0 Å². The summed E-state index contributed by atoms with van der Waals surface area (Å²) in [7, 11) is 0. The molecule has 2 aromatic rings. The fourth-order valence-corrected chi connectivity index (χ4v) is 2.38. The van der Waals surface area contributed by atoms with Crippen molar-refractivity contribution in [3.8, 4) is 0 Å². The van der Waals surface area contributed by atoms with Gasteiger partial charge in [-0.15, -0.1) is 0 Å². The first kappa shape index (κ1) is 18.4. The Labute approximate surface area is 148 Å². The summed E-state index contributed by atoms with van der Waals surface area (Å²) in [6.45, 7) is 4.05. The Kier molecular flexibility index (Phi) is 7.65. The number of rotatable bonds is 8. The molecule has 24 heavy (non-hydrogen) atoms.